The zero-order chi connectivity index (χ0) is 20.4. The summed E-state index contributed by atoms with van der Waals surface area (Å²) in [5, 5.41) is 25.1. The first-order valence-corrected chi connectivity index (χ1v) is 11.0. The molecule has 2 heterocycles. The highest BCUT2D eigenvalue weighted by Crippen LogP contribution is 2.33. The second-order valence-electron chi connectivity index (χ2n) is 6.59. The molecule has 0 fully saturated rings. The third kappa shape index (κ3) is 3.96. The number of hydrogen-bond acceptors (Lipinski definition) is 8. The van der Waals surface area contributed by atoms with Crippen LogP contribution < -0.4 is 5.56 Å². The molecule has 0 bridgehead atoms. The number of aliphatic hydroxyl groups is 1. The number of aliphatic hydroxyl groups excluding tert-OH is 1. The molecule has 8 nitrogen and oxygen atoms in total. The lowest BCUT2D eigenvalue weighted by molar-refractivity contribution is -0.387. The maximum absolute atomic E-state index is 12.9. The lowest BCUT2D eigenvalue weighted by Gasteiger charge is -2.09. The smallest absolute Gasteiger partial charge is 0.283 e. The van der Waals surface area contributed by atoms with Crippen LogP contribution in [0.3, 0.4) is 0 Å². The van der Waals surface area contributed by atoms with Crippen molar-refractivity contribution in [2.24, 2.45) is 5.10 Å². The third-order valence-corrected chi connectivity index (χ3v) is 6.96. The van der Waals surface area contributed by atoms with Gasteiger partial charge in [-0.15, -0.1) is 23.1 Å². The maximum atomic E-state index is 12.9. The van der Waals surface area contributed by atoms with Crippen LogP contribution >= 0.6 is 23.1 Å². The number of aromatic nitrogens is 2. The Labute approximate surface area is 174 Å². The SMILES string of the molecule is O=c1c2c3c(sc2ncn1/N=C\c1ccc(SCCO)c([N+](=O)[O-])c1)CCCC3. The molecule has 1 aromatic carbocycles. The van der Waals surface area contributed by atoms with Crippen LogP contribution in [0.2, 0.25) is 0 Å². The van der Waals surface area contributed by atoms with E-state index in [0.717, 1.165) is 36.1 Å². The number of benzene rings is 1. The van der Waals surface area contributed by atoms with Gasteiger partial charge in [0.1, 0.15) is 11.2 Å². The standard InChI is InChI=1S/C19H18N4O4S2/c24-7-8-28-16-6-5-12(9-14(16)23(26)27)10-21-22-11-20-18-17(19(22)25)13-3-1-2-4-15(13)29-18/h5-6,9-11,24H,1-4,7-8H2/b21-10-. The second kappa shape index (κ2) is 8.44. The lowest BCUT2D eigenvalue weighted by atomic mass is 9.97. The summed E-state index contributed by atoms with van der Waals surface area (Å²) in [7, 11) is 0. The van der Waals surface area contributed by atoms with Gasteiger partial charge in [0.2, 0.25) is 0 Å². The molecule has 0 amide bonds. The molecule has 0 atom stereocenters. The molecule has 2 aromatic heterocycles. The summed E-state index contributed by atoms with van der Waals surface area (Å²) in [6.07, 6.45) is 6.89. The van der Waals surface area contributed by atoms with Gasteiger partial charge in [0, 0.05) is 22.3 Å². The normalized spacial score (nSPS) is 13.8. The van der Waals surface area contributed by atoms with Gasteiger partial charge in [0.15, 0.2) is 0 Å². The van der Waals surface area contributed by atoms with Gasteiger partial charge in [-0.25, -0.2) is 4.98 Å². The monoisotopic (exact) mass is 430 g/mol. The molecule has 3 aromatic rings. The number of thiophene rings is 1. The Hall–Kier alpha value is -2.56. The fourth-order valence-electron chi connectivity index (χ4n) is 3.38. The van der Waals surface area contributed by atoms with Gasteiger partial charge in [0.05, 0.1) is 28.0 Å². The fraction of sp³-hybridized carbons (Fsp3) is 0.316. The molecule has 150 valence electrons. The van der Waals surface area contributed by atoms with E-state index in [0.29, 0.717) is 21.6 Å². The number of nitro benzene ring substituents is 1. The van der Waals surface area contributed by atoms with E-state index in [2.05, 4.69) is 10.1 Å². The zero-order valence-corrected chi connectivity index (χ0v) is 17.0. The number of aryl methyl sites for hydroxylation is 2. The van der Waals surface area contributed by atoms with Crippen molar-refractivity contribution < 1.29 is 10.0 Å². The van der Waals surface area contributed by atoms with Crippen LogP contribution in [0.25, 0.3) is 10.2 Å². The van der Waals surface area contributed by atoms with Gasteiger partial charge in [-0.3, -0.25) is 14.9 Å². The molecule has 4 rings (SSSR count). The zero-order valence-electron chi connectivity index (χ0n) is 15.4. The molecule has 1 aliphatic rings. The van der Waals surface area contributed by atoms with E-state index >= 15 is 0 Å². The number of nitrogens with zero attached hydrogens (tertiary/aromatic N) is 4. The number of nitro groups is 1. The predicted molar refractivity (Wildman–Crippen MR) is 114 cm³/mol. The molecule has 0 aliphatic heterocycles. The summed E-state index contributed by atoms with van der Waals surface area (Å²) < 4.78 is 1.18. The molecule has 1 aliphatic carbocycles. The largest absolute Gasteiger partial charge is 0.396 e. The fourth-order valence-corrected chi connectivity index (χ4v) is 5.36. The summed E-state index contributed by atoms with van der Waals surface area (Å²) in [5.74, 6) is 0.375. The van der Waals surface area contributed by atoms with Crippen LogP contribution in [0.4, 0.5) is 5.69 Å². The summed E-state index contributed by atoms with van der Waals surface area (Å²) in [6, 6.07) is 4.73. The molecular formula is C19H18N4O4S2. The number of thioether (sulfide) groups is 1. The van der Waals surface area contributed by atoms with Crippen LogP contribution in [0, 0.1) is 10.1 Å². The molecule has 0 saturated heterocycles. The summed E-state index contributed by atoms with van der Waals surface area (Å²) >= 11 is 2.80. The van der Waals surface area contributed by atoms with Crippen molar-refractivity contribution in [2.45, 2.75) is 30.6 Å². The molecule has 29 heavy (non-hydrogen) atoms. The Morgan fingerprint density at radius 1 is 1.38 bits per heavy atom. The van der Waals surface area contributed by atoms with Gasteiger partial charge in [-0.05, 0) is 37.3 Å². The van der Waals surface area contributed by atoms with E-state index in [1.165, 1.54) is 39.9 Å². The first kappa shape index (κ1) is 19.7. The van der Waals surface area contributed by atoms with E-state index in [1.54, 1.807) is 23.5 Å². The Morgan fingerprint density at radius 2 is 2.21 bits per heavy atom. The number of rotatable bonds is 6. The van der Waals surface area contributed by atoms with Crippen molar-refractivity contribution in [3.63, 3.8) is 0 Å². The van der Waals surface area contributed by atoms with Crippen molar-refractivity contribution in [2.75, 3.05) is 12.4 Å². The van der Waals surface area contributed by atoms with E-state index < -0.39 is 4.92 Å². The Kier molecular flexibility index (Phi) is 5.74. The minimum Gasteiger partial charge on any atom is -0.396 e. The molecule has 0 radical (unpaired) electrons. The molecule has 10 heteroatoms. The highest BCUT2D eigenvalue weighted by Gasteiger charge is 2.20. The highest BCUT2D eigenvalue weighted by molar-refractivity contribution is 7.99. The highest BCUT2D eigenvalue weighted by atomic mass is 32.2. The van der Waals surface area contributed by atoms with E-state index in [9.17, 15) is 14.9 Å². The minimum atomic E-state index is -0.464. The van der Waals surface area contributed by atoms with Crippen LogP contribution in [0.5, 0.6) is 0 Å². The molecule has 0 spiro atoms. The first-order chi connectivity index (χ1) is 14.1. The third-order valence-electron chi connectivity index (χ3n) is 4.72. The number of hydrogen-bond donors (Lipinski definition) is 1. The quantitative estimate of drug-likeness (QED) is 0.278. The summed E-state index contributed by atoms with van der Waals surface area (Å²) in [4.78, 5) is 30.6. The van der Waals surface area contributed by atoms with Gasteiger partial charge in [0.25, 0.3) is 11.2 Å². The van der Waals surface area contributed by atoms with Gasteiger partial charge in [-0.1, -0.05) is 6.07 Å². The van der Waals surface area contributed by atoms with Crippen molar-refractivity contribution in [3.8, 4) is 0 Å². The second-order valence-corrected chi connectivity index (χ2v) is 8.81. The van der Waals surface area contributed by atoms with Crippen LogP contribution in [-0.4, -0.2) is 38.3 Å². The van der Waals surface area contributed by atoms with Crippen molar-refractivity contribution >= 4 is 45.2 Å². The van der Waals surface area contributed by atoms with Crippen molar-refractivity contribution in [1.29, 1.82) is 0 Å². The van der Waals surface area contributed by atoms with Gasteiger partial charge in [-0.2, -0.15) is 9.78 Å². The van der Waals surface area contributed by atoms with Crippen molar-refractivity contribution in [1.82, 2.24) is 9.66 Å². The lowest BCUT2D eigenvalue weighted by Crippen LogP contribution is -2.18. The average molecular weight is 431 g/mol. The van der Waals surface area contributed by atoms with Crippen molar-refractivity contribution in [3.05, 3.63) is 61.0 Å². The topological polar surface area (TPSA) is 111 Å². The van der Waals surface area contributed by atoms with E-state index in [1.807, 2.05) is 0 Å². The van der Waals surface area contributed by atoms with Gasteiger partial charge >= 0.3 is 0 Å². The Morgan fingerprint density at radius 3 is 3.00 bits per heavy atom. The molecular weight excluding hydrogens is 412 g/mol. The van der Waals surface area contributed by atoms with Crippen LogP contribution in [-0.2, 0) is 12.8 Å². The van der Waals surface area contributed by atoms with Crippen LogP contribution in [0.1, 0.15) is 28.8 Å². The minimum absolute atomic E-state index is 0.0553. The van der Waals surface area contributed by atoms with Gasteiger partial charge < -0.3 is 5.11 Å². The summed E-state index contributed by atoms with van der Waals surface area (Å²) in [6.45, 7) is -0.0598. The molecule has 0 saturated carbocycles. The Bertz CT molecular complexity index is 1170. The van der Waals surface area contributed by atoms with Crippen LogP contribution in [0.15, 0.2) is 39.3 Å². The number of fused-ring (bicyclic) bond motifs is 3. The van der Waals surface area contributed by atoms with E-state index in [-0.39, 0.29) is 17.9 Å². The first-order valence-electron chi connectivity index (χ1n) is 9.17. The maximum Gasteiger partial charge on any atom is 0.283 e. The summed E-state index contributed by atoms with van der Waals surface area (Å²) in [5.41, 5.74) is 1.33. The molecule has 0 unspecified atom stereocenters. The predicted octanol–water partition coefficient (Wildman–Crippen LogP) is 3.21. The Balaban J connectivity index is 1.68. The average Bonchev–Trinajstić information content (AvgIpc) is 3.11. The van der Waals surface area contributed by atoms with E-state index in [4.69, 9.17) is 5.11 Å². The molecule has 1 N–H and O–H groups in total.